The van der Waals surface area contributed by atoms with Crippen molar-refractivity contribution >= 4 is 56.9 Å². The topological polar surface area (TPSA) is 99.7 Å². The molecule has 0 radical (unpaired) electrons. The molecule has 186 valence electrons. The van der Waals surface area contributed by atoms with Gasteiger partial charge in [0.25, 0.3) is 5.91 Å². The first-order valence-corrected chi connectivity index (χ1v) is 12.0. The molecule has 0 aliphatic carbocycles. The Morgan fingerprint density at radius 3 is 2.05 bits per heavy atom. The predicted molar refractivity (Wildman–Crippen MR) is 151 cm³/mol. The molecule has 0 unspecified atom stereocenters. The molecule has 0 heterocycles. The average molecular weight is 501 g/mol. The molecule has 0 spiro atoms. The third-order valence-electron chi connectivity index (χ3n) is 6.07. The highest BCUT2D eigenvalue weighted by atomic mass is 16.2. The summed E-state index contributed by atoms with van der Waals surface area (Å²) in [6.45, 7) is 1.92. The molecule has 38 heavy (non-hydrogen) atoms. The van der Waals surface area contributed by atoms with E-state index in [1.54, 1.807) is 36.5 Å². The van der Waals surface area contributed by atoms with Crippen LogP contribution in [0.15, 0.2) is 108 Å². The Labute approximate surface area is 219 Å². The molecule has 0 aromatic heterocycles. The second-order valence-corrected chi connectivity index (χ2v) is 8.75. The van der Waals surface area contributed by atoms with Crippen LogP contribution in [0.2, 0.25) is 0 Å². The zero-order valence-corrected chi connectivity index (χ0v) is 20.6. The van der Waals surface area contributed by atoms with E-state index in [-0.39, 0.29) is 11.3 Å². The highest BCUT2D eigenvalue weighted by Crippen LogP contribution is 2.27. The Hall–Kier alpha value is -5.30. The van der Waals surface area contributed by atoms with Crippen LogP contribution in [-0.2, 0) is 9.59 Å². The Balaban J connectivity index is 1.31. The van der Waals surface area contributed by atoms with Crippen molar-refractivity contribution in [1.82, 2.24) is 5.43 Å². The maximum atomic E-state index is 12.9. The molecule has 0 fully saturated rings. The summed E-state index contributed by atoms with van der Waals surface area (Å²) in [5, 5.41) is 13.4. The number of amides is 3. The van der Waals surface area contributed by atoms with Gasteiger partial charge in [0.15, 0.2) is 0 Å². The van der Waals surface area contributed by atoms with Gasteiger partial charge >= 0.3 is 11.8 Å². The number of nitrogens with zero attached hydrogens (tertiary/aromatic N) is 1. The summed E-state index contributed by atoms with van der Waals surface area (Å²) in [6, 6.07) is 31.7. The van der Waals surface area contributed by atoms with Crippen molar-refractivity contribution in [2.24, 2.45) is 5.10 Å². The summed E-state index contributed by atoms with van der Waals surface area (Å²) in [5.41, 5.74) is 5.18. The van der Waals surface area contributed by atoms with E-state index in [1.165, 1.54) is 0 Å². The van der Waals surface area contributed by atoms with E-state index in [2.05, 4.69) is 27.2 Å². The summed E-state index contributed by atoms with van der Waals surface area (Å²) in [4.78, 5) is 38.0. The quantitative estimate of drug-likeness (QED) is 0.126. The first kappa shape index (κ1) is 24.4. The molecule has 5 aromatic carbocycles. The van der Waals surface area contributed by atoms with Crippen molar-refractivity contribution < 1.29 is 14.4 Å². The lowest BCUT2D eigenvalue weighted by Crippen LogP contribution is -2.33. The largest absolute Gasteiger partial charge is 0.329 e. The van der Waals surface area contributed by atoms with E-state index < -0.39 is 17.7 Å². The molecule has 3 amide bonds. The zero-order valence-electron chi connectivity index (χ0n) is 20.6. The van der Waals surface area contributed by atoms with E-state index in [4.69, 9.17) is 0 Å². The number of rotatable bonds is 5. The second-order valence-electron chi connectivity index (χ2n) is 8.75. The van der Waals surface area contributed by atoms with Gasteiger partial charge in [-0.1, -0.05) is 72.8 Å². The summed E-state index contributed by atoms with van der Waals surface area (Å²) in [5.74, 6) is -2.31. The van der Waals surface area contributed by atoms with Crippen molar-refractivity contribution in [3.05, 3.63) is 120 Å². The molecule has 0 aliphatic heterocycles. The molecule has 7 heteroatoms. The van der Waals surface area contributed by atoms with Crippen molar-refractivity contribution in [3.63, 3.8) is 0 Å². The molecule has 7 nitrogen and oxygen atoms in total. The monoisotopic (exact) mass is 500 g/mol. The van der Waals surface area contributed by atoms with Crippen LogP contribution in [0, 0.1) is 6.92 Å². The number of hydrogen-bond acceptors (Lipinski definition) is 4. The van der Waals surface area contributed by atoms with Gasteiger partial charge in [-0.2, -0.15) is 5.10 Å². The molecule has 0 bridgehead atoms. The maximum Gasteiger partial charge on any atom is 0.329 e. The van der Waals surface area contributed by atoms with Crippen LogP contribution in [0.1, 0.15) is 21.5 Å². The van der Waals surface area contributed by atoms with Crippen molar-refractivity contribution in [1.29, 1.82) is 0 Å². The summed E-state index contributed by atoms with van der Waals surface area (Å²) >= 11 is 0. The van der Waals surface area contributed by atoms with Crippen LogP contribution < -0.4 is 16.1 Å². The number of fused-ring (bicyclic) bond motifs is 2. The highest BCUT2D eigenvalue weighted by molar-refractivity contribution is 6.40. The minimum absolute atomic E-state index is 0.210. The first-order valence-electron chi connectivity index (χ1n) is 12.0. The molecule has 3 N–H and O–H groups in total. The van der Waals surface area contributed by atoms with Crippen LogP contribution in [0.25, 0.3) is 21.5 Å². The summed E-state index contributed by atoms with van der Waals surface area (Å²) < 4.78 is 0. The van der Waals surface area contributed by atoms with Gasteiger partial charge in [-0.05, 0) is 64.4 Å². The third kappa shape index (κ3) is 5.27. The van der Waals surface area contributed by atoms with Gasteiger partial charge in [-0.25, -0.2) is 5.43 Å². The van der Waals surface area contributed by atoms with Crippen LogP contribution in [0.4, 0.5) is 11.4 Å². The second kappa shape index (κ2) is 10.8. The number of para-hydroxylation sites is 1. The van der Waals surface area contributed by atoms with E-state index >= 15 is 0 Å². The van der Waals surface area contributed by atoms with Crippen molar-refractivity contribution in [3.8, 4) is 0 Å². The lowest BCUT2D eigenvalue weighted by atomic mass is 9.97. The SMILES string of the molecule is Cc1cccc(NC(=O)c2ccccc2NC(=O)C(=O)N/N=C\c2c3ccccc3cc3ccccc23)c1. The minimum atomic E-state index is -0.959. The van der Waals surface area contributed by atoms with Gasteiger partial charge in [0.1, 0.15) is 0 Å². The van der Waals surface area contributed by atoms with Crippen molar-refractivity contribution in [2.45, 2.75) is 6.92 Å². The van der Waals surface area contributed by atoms with Gasteiger partial charge in [-0.3, -0.25) is 14.4 Å². The molecule has 0 aliphatic rings. The van der Waals surface area contributed by atoms with Gasteiger partial charge in [0, 0.05) is 11.3 Å². The van der Waals surface area contributed by atoms with E-state index in [9.17, 15) is 14.4 Å². The number of hydrazone groups is 1. The number of carbonyl (C=O) groups excluding carboxylic acids is 3. The zero-order chi connectivity index (χ0) is 26.5. The van der Waals surface area contributed by atoms with Gasteiger partial charge in [0.05, 0.1) is 17.5 Å². The standard InChI is InChI=1S/C31H24N4O3/c1-20-9-8-12-23(17-20)33-29(36)26-15-6-7-16-28(26)34-30(37)31(38)35-32-19-27-24-13-4-2-10-21(24)18-22-11-3-5-14-25(22)27/h2-19H,1H3,(H,33,36)(H,34,37)(H,35,38)/b32-19-. The first-order chi connectivity index (χ1) is 18.5. The summed E-state index contributed by atoms with van der Waals surface area (Å²) in [6.07, 6.45) is 1.54. The predicted octanol–water partition coefficient (Wildman–Crippen LogP) is 5.64. The molecule has 5 rings (SSSR count). The fraction of sp³-hybridized carbons (Fsp3) is 0.0323. The van der Waals surface area contributed by atoms with Gasteiger partial charge < -0.3 is 10.6 Å². The number of nitrogens with one attached hydrogen (secondary N) is 3. The Morgan fingerprint density at radius 2 is 1.34 bits per heavy atom. The van der Waals surface area contributed by atoms with Crippen LogP contribution >= 0.6 is 0 Å². The normalized spacial score (nSPS) is 11.0. The van der Waals surface area contributed by atoms with Crippen LogP contribution in [-0.4, -0.2) is 23.9 Å². The van der Waals surface area contributed by atoms with E-state index in [0.717, 1.165) is 32.7 Å². The fourth-order valence-electron chi connectivity index (χ4n) is 4.28. The number of anilines is 2. The maximum absolute atomic E-state index is 12.9. The fourth-order valence-corrected chi connectivity index (χ4v) is 4.28. The van der Waals surface area contributed by atoms with E-state index in [0.29, 0.717) is 5.69 Å². The van der Waals surface area contributed by atoms with Crippen molar-refractivity contribution in [2.75, 3.05) is 10.6 Å². The molecular formula is C31H24N4O3. The Kier molecular flexibility index (Phi) is 6.91. The molecule has 0 saturated heterocycles. The smallest absolute Gasteiger partial charge is 0.322 e. The lowest BCUT2D eigenvalue weighted by molar-refractivity contribution is -0.136. The molecular weight excluding hydrogens is 476 g/mol. The minimum Gasteiger partial charge on any atom is -0.322 e. The molecule has 5 aromatic rings. The lowest BCUT2D eigenvalue weighted by Gasteiger charge is -2.11. The summed E-state index contributed by atoms with van der Waals surface area (Å²) in [7, 11) is 0. The number of carbonyl (C=O) groups is 3. The van der Waals surface area contributed by atoms with Gasteiger partial charge in [0.2, 0.25) is 0 Å². The number of aryl methyl sites for hydroxylation is 1. The Morgan fingerprint density at radius 1 is 0.684 bits per heavy atom. The van der Waals surface area contributed by atoms with Gasteiger partial charge in [-0.15, -0.1) is 0 Å². The number of benzene rings is 5. The van der Waals surface area contributed by atoms with E-state index in [1.807, 2.05) is 73.7 Å². The van der Waals surface area contributed by atoms with Crippen LogP contribution in [0.3, 0.4) is 0 Å². The number of hydrogen-bond donors (Lipinski definition) is 3. The average Bonchev–Trinajstić information content (AvgIpc) is 2.92. The molecule has 0 saturated carbocycles. The Bertz CT molecular complexity index is 1670. The third-order valence-corrected chi connectivity index (χ3v) is 6.07. The highest BCUT2D eigenvalue weighted by Gasteiger charge is 2.18. The molecule has 0 atom stereocenters. The van der Waals surface area contributed by atoms with Crippen LogP contribution in [0.5, 0.6) is 0 Å².